The van der Waals surface area contributed by atoms with Crippen molar-refractivity contribution in [2.24, 2.45) is 0 Å². The number of nitrogens with zero attached hydrogens (tertiary/aromatic N) is 1. The zero-order chi connectivity index (χ0) is 16.5. The van der Waals surface area contributed by atoms with Gasteiger partial charge in [-0.05, 0) is 6.92 Å². The number of thiophene rings is 1. The molecule has 2 heterocycles. The molecule has 2 aromatic rings. The second kappa shape index (κ2) is 6.15. The van der Waals surface area contributed by atoms with E-state index in [4.69, 9.17) is 20.9 Å². The molecule has 1 amide bonds. The highest BCUT2D eigenvalue weighted by Gasteiger charge is 2.31. The van der Waals surface area contributed by atoms with Crippen molar-refractivity contribution in [1.82, 2.24) is 10.5 Å². The molecule has 0 bridgehead atoms. The Morgan fingerprint density at radius 3 is 2.68 bits per heavy atom. The van der Waals surface area contributed by atoms with E-state index in [0.717, 1.165) is 11.3 Å². The molecule has 0 radical (unpaired) electrons. The van der Waals surface area contributed by atoms with E-state index in [1.165, 1.54) is 19.5 Å². The number of amides is 1. The van der Waals surface area contributed by atoms with E-state index in [1.807, 2.05) is 0 Å². The van der Waals surface area contributed by atoms with E-state index < -0.39 is 15.9 Å². The molecule has 0 saturated heterocycles. The Morgan fingerprint density at radius 1 is 1.50 bits per heavy atom. The number of anilines is 1. The van der Waals surface area contributed by atoms with Crippen LogP contribution in [-0.2, 0) is 10.0 Å². The van der Waals surface area contributed by atoms with Crippen molar-refractivity contribution in [2.75, 3.05) is 18.9 Å². The summed E-state index contributed by atoms with van der Waals surface area (Å²) in [4.78, 5) is 11.5. The van der Waals surface area contributed by atoms with Crippen LogP contribution >= 0.6 is 22.9 Å². The molecule has 0 aliphatic carbocycles. The van der Waals surface area contributed by atoms with Gasteiger partial charge in [-0.2, -0.15) is 0 Å². The summed E-state index contributed by atoms with van der Waals surface area (Å²) in [5, 5.41) is 7.39. The molecule has 0 spiro atoms. The molecule has 2 aromatic heterocycles. The minimum Gasteiger partial charge on any atom is -0.494 e. The van der Waals surface area contributed by atoms with Crippen LogP contribution in [0.2, 0.25) is 5.02 Å². The maximum atomic E-state index is 12.5. The van der Waals surface area contributed by atoms with Crippen molar-refractivity contribution < 1.29 is 22.5 Å². The molecule has 11 heteroatoms. The van der Waals surface area contributed by atoms with Crippen molar-refractivity contribution in [3.8, 4) is 5.75 Å². The highest BCUT2D eigenvalue weighted by atomic mass is 35.5. The smallest absolute Gasteiger partial charge is 0.269 e. The maximum absolute atomic E-state index is 12.5. The number of aryl methyl sites for hydroxylation is 1. The highest BCUT2D eigenvalue weighted by molar-refractivity contribution is 7.93. The second-order valence-electron chi connectivity index (χ2n) is 4.06. The zero-order valence-corrected chi connectivity index (χ0v) is 14.1. The Labute approximate surface area is 135 Å². The number of hydrogen-bond donors (Lipinski definition) is 2. The van der Waals surface area contributed by atoms with E-state index in [1.54, 1.807) is 6.92 Å². The Hall–Kier alpha value is -1.78. The molecule has 0 atom stereocenters. The number of sulfonamides is 1. The summed E-state index contributed by atoms with van der Waals surface area (Å²) in [5.41, 5.74) is 0.336. The maximum Gasteiger partial charge on any atom is 0.269 e. The van der Waals surface area contributed by atoms with Crippen LogP contribution in [0.15, 0.2) is 14.8 Å². The van der Waals surface area contributed by atoms with E-state index in [-0.39, 0.29) is 26.4 Å². The number of carbonyl (C=O) groups excluding carboxylic acids is 1. The minimum atomic E-state index is -4.15. The normalized spacial score (nSPS) is 11.3. The summed E-state index contributed by atoms with van der Waals surface area (Å²) in [6.45, 7) is 1.56. The first-order valence-corrected chi connectivity index (χ1v) is 8.58. The Bertz CT molecular complexity index is 812. The number of aromatic nitrogens is 1. The van der Waals surface area contributed by atoms with E-state index in [0.29, 0.717) is 5.69 Å². The minimum absolute atomic E-state index is 0.0146. The molecule has 0 saturated carbocycles. The van der Waals surface area contributed by atoms with E-state index in [2.05, 4.69) is 15.2 Å². The molecular weight excluding hydrogens is 354 g/mol. The zero-order valence-electron chi connectivity index (χ0n) is 11.8. The van der Waals surface area contributed by atoms with Crippen LogP contribution in [0.3, 0.4) is 0 Å². The number of rotatable bonds is 5. The lowest BCUT2D eigenvalue weighted by molar-refractivity contribution is 0.0963. The van der Waals surface area contributed by atoms with Gasteiger partial charge in [0.15, 0.2) is 10.6 Å². The first kappa shape index (κ1) is 16.6. The van der Waals surface area contributed by atoms with Gasteiger partial charge in [0.1, 0.15) is 15.6 Å². The molecule has 0 fully saturated rings. The average molecular weight is 366 g/mol. The van der Waals surface area contributed by atoms with Crippen LogP contribution in [0, 0.1) is 6.92 Å². The molecule has 2 rings (SSSR count). The Morgan fingerprint density at radius 2 is 2.18 bits per heavy atom. The average Bonchev–Trinajstić information content (AvgIpc) is 3.05. The summed E-state index contributed by atoms with van der Waals surface area (Å²) in [6.07, 6.45) is 0. The lowest BCUT2D eigenvalue weighted by Gasteiger charge is -2.08. The molecular formula is C11H12ClN3O5S2. The molecule has 0 aromatic carbocycles. The summed E-state index contributed by atoms with van der Waals surface area (Å²) >= 11 is 6.83. The Balaban J connectivity index is 2.51. The quantitative estimate of drug-likeness (QED) is 0.836. The van der Waals surface area contributed by atoms with Gasteiger partial charge in [0.25, 0.3) is 21.8 Å². The molecule has 22 heavy (non-hydrogen) atoms. The molecule has 0 aliphatic rings. The third kappa shape index (κ3) is 2.89. The standard InChI is InChI=1S/C11H12ClN3O5S2/c1-5-7(12)11(20-14-5)15-22(17,18)9-6(19-3)4-21-8(9)10(16)13-2/h4,15H,1-3H3,(H,13,16). The number of methoxy groups -OCH3 is 1. The number of carbonyl (C=O) groups is 1. The van der Waals surface area contributed by atoms with Crippen LogP contribution in [0.1, 0.15) is 15.4 Å². The van der Waals surface area contributed by atoms with Gasteiger partial charge in [-0.25, -0.2) is 13.1 Å². The summed E-state index contributed by atoms with van der Waals surface area (Å²) in [5.74, 6) is -0.729. The topological polar surface area (TPSA) is 111 Å². The first-order chi connectivity index (χ1) is 10.3. The third-order valence-corrected chi connectivity index (χ3v) is 5.58. The number of nitrogens with one attached hydrogen (secondary N) is 2. The molecule has 0 aliphatic heterocycles. The lowest BCUT2D eigenvalue weighted by Crippen LogP contribution is -2.21. The predicted octanol–water partition coefficient (Wildman–Crippen LogP) is 1.87. The fourth-order valence-electron chi connectivity index (χ4n) is 1.59. The fourth-order valence-corrected chi connectivity index (χ4v) is 4.40. The van der Waals surface area contributed by atoms with Crippen molar-refractivity contribution in [2.45, 2.75) is 11.8 Å². The van der Waals surface area contributed by atoms with Crippen molar-refractivity contribution in [3.63, 3.8) is 0 Å². The first-order valence-electron chi connectivity index (χ1n) is 5.84. The number of halogens is 1. The van der Waals surface area contributed by atoms with Crippen molar-refractivity contribution in [1.29, 1.82) is 0 Å². The van der Waals surface area contributed by atoms with Gasteiger partial charge < -0.3 is 14.6 Å². The predicted molar refractivity (Wildman–Crippen MR) is 81.3 cm³/mol. The van der Waals surface area contributed by atoms with Crippen molar-refractivity contribution >= 4 is 44.8 Å². The van der Waals surface area contributed by atoms with Gasteiger partial charge >= 0.3 is 0 Å². The summed E-state index contributed by atoms with van der Waals surface area (Å²) in [6, 6.07) is 0. The van der Waals surface area contributed by atoms with Crippen LogP contribution in [0.4, 0.5) is 5.88 Å². The van der Waals surface area contributed by atoms with Gasteiger partial charge in [0.2, 0.25) is 0 Å². The monoisotopic (exact) mass is 365 g/mol. The largest absolute Gasteiger partial charge is 0.494 e. The van der Waals surface area contributed by atoms with Gasteiger partial charge in [-0.15, -0.1) is 11.3 Å². The number of hydrogen-bond acceptors (Lipinski definition) is 7. The molecule has 8 nitrogen and oxygen atoms in total. The van der Waals surface area contributed by atoms with Crippen molar-refractivity contribution in [3.05, 3.63) is 21.0 Å². The highest BCUT2D eigenvalue weighted by Crippen LogP contribution is 2.36. The van der Waals surface area contributed by atoms with Crippen LogP contribution in [0.5, 0.6) is 5.75 Å². The molecule has 120 valence electrons. The van der Waals surface area contributed by atoms with E-state index in [9.17, 15) is 13.2 Å². The van der Waals surface area contributed by atoms with Crippen LogP contribution < -0.4 is 14.8 Å². The Kier molecular flexibility index (Phi) is 4.63. The SMILES string of the molecule is CNC(=O)c1scc(OC)c1S(=O)(=O)Nc1onc(C)c1Cl. The van der Waals surface area contributed by atoms with E-state index >= 15 is 0 Å². The van der Waals surface area contributed by atoms with Gasteiger partial charge in [-0.1, -0.05) is 16.8 Å². The molecule has 2 N–H and O–H groups in total. The van der Waals surface area contributed by atoms with Gasteiger partial charge in [-0.3, -0.25) is 4.79 Å². The third-order valence-electron chi connectivity index (χ3n) is 2.65. The van der Waals surface area contributed by atoms with Gasteiger partial charge in [0.05, 0.1) is 7.11 Å². The number of ether oxygens (including phenoxy) is 1. The fraction of sp³-hybridized carbons (Fsp3) is 0.273. The summed E-state index contributed by atoms with van der Waals surface area (Å²) in [7, 11) is -1.45. The van der Waals surface area contributed by atoms with Gasteiger partial charge in [0, 0.05) is 12.4 Å². The summed E-state index contributed by atoms with van der Waals surface area (Å²) < 4.78 is 37.1. The lowest BCUT2D eigenvalue weighted by atomic mass is 10.4. The molecule has 0 unspecified atom stereocenters. The second-order valence-corrected chi connectivity index (χ2v) is 6.93. The van der Waals surface area contributed by atoms with Crippen LogP contribution in [0.25, 0.3) is 0 Å². The van der Waals surface area contributed by atoms with Crippen LogP contribution in [-0.4, -0.2) is 33.6 Å².